The second kappa shape index (κ2) is 6.21. The maximum absolute atomic E-state index is 11.8. The first-order chi connectivity index (χ1) is 9.97. The smallest absolute Gasteiger partial charge is 0.356 e. The van der Waals surface area contributed by atoms with Gasteiger partial charge >= 0.3 is 5.97 Å². The number of carboxylic acids is 1. The topological polar surface area (TPSA) is 90.0 Å². The normalized spacial score (nSPS) is 10.8. The van der Waals surface area contributed by atoms with Gasteiger partial charge in [0.1, 0.15) is 0 Å². The first kappa shape index (κ1) is 15.4. The van der Waals surface area contributed by atoms with Gasteiger partial charge in [-0.3, -0.25) is 9.48 Å². The maximum Gasteiger partial charge on any atom is 0.356 e. The summed E-state index contributed by atoms with van der Waals surface area (Å²) < 4.78 is 3.75. The highest BCUT2D eigenvalue weighted by Crippen LogP contribution is 2.22. The molecule has 2 aromatic rings. The van der Waals surface area contributed by atoms with Crippen molar-refractivity contribution in [3.05, 3.63) is 44.0 Å². The fourth-order valence-corrected chi connectivity index (χ4v) is 2.68. The number of aryl methyl sites for hydroxylation is 2. The van der Waals surface area contributed by atoms with Crippen molar-refractivity contribution in [3.63, 3.8) is 0 Å². The van der Waals surface area contributed by atoms with E-state index in [9.17, 15) is 9.59 Å². The fraction of sp³-hybridized carbons (Fsp3) is 0.385. The van der Waals surface area contributed by atoms with E-state index in [4.69, 9.17) is 5.11 Å². The van der Waals surface area contributed by atoms with Gasteiger partial charge < -0.3 is 5.11 Å². The van der Waals surface area contributed by atoms with Crippen LogP contribution in [0.3, 0.4) is 0 Å². The molecule has 21 heavy (non-hydrogen) atoms. The summed E-state index contributed by atoms with van der Waals surface area (Å²) in [6, 6.07) is 2.41. The largest absolute Gasteiger partial charge is 0.476 e. The Kier molecular flexibility index (Phi) is 4.56. The summed E-state index contributed by atoms with van der Waals surface area (Å²) in [6.45, 7) is 4.77. The van der Waals surface area contributed by atoms with E-state index in [0.717, 1.165) is 27.0 Å². The molecule has 1 N–H and O–H groups in total. The number of hydrogen-bond donors (Lipinski definition) is 1. The van der Waals surface area contributed by atoms with Crippen molar-refractivity contribution in [1.29, 1.82) is 0 Å². The molecule has 2 aromatic heterocycles. The Hall–Kier alpha value is -1.96. The summed E-state index contributed by atoms with van der Waals surface area (Å²) in [5.41, 5.74) is 1.18. The van der Waals surface area contributed by atoms with Gasteiger partial charge in [-0.25, -0.2) is 9.48 Å². The van der Waals surface area contributed by atoms with Crippen LogP contribution in [0.5, 0.6) is 0 Å². The molecule has 0 aliphatic rings. The first-order valence-electron chi connectivity index (χ1n) is 6.53. The fourth-order valence-electron chi connectivity index (χ4n) is 1.99. The SMILES string of the molecule is CCc1nn(CC)c(Cn2nc(C(=O)O)ccc2=O)c1Br. The molecule has 0 spiro atoms. The lowest BCUT2D eigenvalue weighted by Crippen LogP contribution is -2.26. The van der Waals surface area contributed by atoms with Crippen LogP contribution < -0.4 is 5.56 Å². The third kappa shape index (κ3) is 3.05. The number of nitrogens with zero attached hydrogens (tertiary/aromatic N) is 4. The Morgan fingerprint density at radius 2 is 2.00 bits per heavy atom. The lowest BCUT2D eigenvalue weighted by Gasteiger charge is -2.08. The Morgan fingerprint density at radius 3 is 2.57 bits per heavy atom. The van der Waals surface area contributed by atoms with Crippen molar-refractivity contribution < 1.29 is 9.90 Å². The van der Waals surface area contributed by atoms with Gasteiger partial charge in [-0.2, -0.15) is 10.2 Å². The van der Waals surface area contributed by atoms with Crippen molar-refractivity contribution in [2.75, 3.05) is 0 Å². The quantitative estimate of drug-likeness (QED) is 0.879. The molecule has 0 unspecified atom stereocenters. The standard InChI is InChI=1S/C13H15BrN4O3/c1-3-8-12(14)10(17(4-2)15-8)7-18-11(19)6-5-9(16-18)13(20)21/h5-6H,3-4,7H2,1-2H3,(H,20,21). The second-order valence-corrected chi connectivity index (χ2v) is 5.19. The van der Waals surface area contributed by atoms with Gasteiger partial charge in [0.15, 0.2) is 5.69 Å². The zero-order valence-electron chi connectivity index (χ0n) is 11.7. The minimum Gasteiger partial charge on any atom is -0.476 e. The van der Waals surface area contributed by atoms with Crippen LogP contribution in [-0.2, 0) is 19.5 Å². The molecule has 0 aliphatic heterocycles. The van der Waals surface area contributed by atoms with E-state index < -0.39 is 5.97 Å². The molecule has 0 saturated carbocycles. The second-order valence-electron chi connectivity index (χ2n) is 4.40. The lowest BCUT2D eigenvalue weighted by atomic mass is 10.3. The first-order valence-corrected chi connectivity index (χ1v) is 7.32. The van der Waals surface area contributed by atoms with E-state index in [1.807, 2.05) is 13.8 Å². The van der Waals surface area contributed by atoms with Crippen LogP contribution >= 0.6 is 15.9 Å². The zero-order valence-corrected chi connectivity index (χ0v) is 13.3. The van der Waals surface area contributed by atoms with Crippen LogP contribution in [0.2, 0.25) is 0 Å². The molecule has 7 nitrogen and oxygen atoms in total. The average molecular weight is 355 g/mol. The number of hydrogen-bond acceptors (Lipinski definition) is 4. The van der Waals surface area contributed by atoms with Crippen molar-refractivity contribution in [2.45, 2.75) is 33.4 Å². The third-order valence-electron chi connectivity index (χ3n) is 3.08. The molecule has 0 amide bonds. The molecule has 0 aliphatic carbocycles. The van der Waals surface area contributed by atoms with Gasteiger partial charge in [0, 0.05) is 12.6 Å². The van der Waals surface area contributed by atoms with Crippen LogP contribution in [0.4, 0.5) is 0 Å². The summed E-state index contributed by atoms with van der Waals surface area (Å²) in [6.07, 6.45) is 0.762. The van der Waals surface area contributed by atoms with Crippen LogP contribution in [0.25, 0.3) is 0 Å². The van der Waals surface area contributed by atoms with Gasteiger partial charge in [0.05, 0.1) is 22.4 Å². The summed E-state index contributed by atoms with van der Waals surface area (Å²) in [4.78, 5) is 22.8. The molecule has 2 rings (SSSR count). The number of carboxylic acid groups (broad SMARTS) is 1. The van der Waals surface area contributed by atoms with E-state index in [2.05, 4.69) is 26.1 Å². The van der Waals surface area contributed by atoms with Gasteiger partial charge in [0.25, 0.3) is 5.56 Å². The summed E-state index contributed by atoms with van der Waals surface area (Å²) in [5, 5.41) is 17.3. The Morgan fingerprint density at radius 1 is 1.29 bits per heavy atom. The molecule has 112 valence electrons. The molecule has 0 saturated heterocycles. The van der Waals surface area contributed by atoms with Crippen LogP contribution in [-0.4, -0.2) is 30.6 Å². The molecular formula is C13H15BrN4O3. The highest BCUT2D eigenvalue weighted by atomic mass is 79.9. The average Bonchev–Trinajstić information content (AvgIpc) is 2.77. The number of rotatable bonds is 5. The molecule has 0 fully saturated rings. The Labute approximate surface area is 129 Å². The Bertz CT molecular complexity index is 736. The number of aromatic carboxylic acids is 1. The number of aromatic nitrogens is 4. The van der Waals surface area contributed by atoms with E-state index in [-0.39, 0.29) is 17.8 Å². The summed E-state index contributed by atoms with van der Waals surface area (Å²) >= 11 is 3.49. The monoisotopic (exact) mass is 354 g/mol. The molecule has 8 heteroatoms. The van der Waals surface area contributed by atoms with E-state index in [1.165, 1.54) is 12.1 Å². The highest BCUT2D eigenvalue weighted by Gasteiger charge is 2.16. The molecule has 0 radical (unpaired) electrons. The lowest BCUT2D eigenvalue weighted by molar-refractivity contribution is 0.0687. The van der Waals surface area contributed by atoms with E-state index in [0.29, 0.717) is 6.54 Å². The van der Waals surface area contributed by atoms with Gasteiger partial charge in [-0.05, 0) is 35.3 Å². The highest BCUT2D eigenvalue weighted by molar-refractivity contribution is 9.10. The van der Waals surface area contributed by atoms with Gasteiger partial charge in [-0.15, -0.1) is 0 Å². The summed E-state index contributed by atoms with van der Waals surface area (Å²) in [5.74, 6) is -1.17. The molecule has 0 aromatic carbocycles. The molecule has 2 heterocycles. The Balaban J connectivity index is 2.47. The summed E-state index contributed by atoms with van der Waals surface area (Å²) in [7, 11) is 0. The molecular weight excluding hydrogens is 340 g/mol. The van der Waals surface area contributed by atoms with Crippen molar-refractivity contribution in [1.82, 2.24) is 19.6 Å². The number of carbonyl (C=O) groups is 1. The minimum absolute atomic E-state index is 0.163. The predicted octanol–water partition coefficient (Wildman–Crippen LogP) is 1.53. The van der Waals surface area contributed by atoms with Crippen molar-refractivity contribution in [3.8, 4) is 0 Å². The number of halogens is 1. The maximum atomic E-state index is 11.8. The molecule has 0 bridgehead atoms. The van der Waals surface area contributed by atoms with E-state index in [1.54, 1.807) is 4.68 Å². The molecule has 0 atom stereocenters. The zero-order chi connectivity index (χ0) is 15.6. The van der Waals surface area contributed by atoms with Gasteiger partial charge in [0.2, 0.25) is 0 Å². The van der Waals surface area contributed by atoms with Crippen LogP contribution in [0.15, 0.2) is 21.4 Å². The van der Waals surface area contributed by atoms with E-state index >= 15 is 0 Å². The predicted molar refractivity (Wildman–Crippen MR) is 79.5 cm³/mol. The van der Waals surface area contributed by atoms with Crippen molar-refractivity contribution in [2.24, 2.45) is 0 Å². The van der Waals surface area contributed by atoms with Crippen LogP contribution in [0.1, 0.15) is 35.7 Å². The minimum atomic E-state index is -1.17. The van der Waals surface area contributed by atoms with Crippen molar-refractivity contribution >= 4 is 21.9 Å². The van der Waals surface area contributed by atoms with Crippen LogP contribution in [0, 0.1) is 0 Å². The van der Waals surface area contributed by atoms with Gasteiger partial charge in [-0.1, -0.05) is 6.92 Å². The third-order valence-corrected chi connectivity index (χ3v) is 3.99.